The van der Waals surface area contributed by atoms with Crippen LogP contribution in [0.2, 0.25) is 0 Å². The highest BCUT2D eigenvalue weighted by Crippen LogP contribution is 2.32. The summed E-state index contributed by atoms with van der Waals surface area (Å²) >= 11 is 0. The molecule has 0 unspecified atom stereocenters. The van der Waals surface area contributed by atoms with Crippen LogP contribution in [0.3, 0.4) is 0 Å². The van der Waals surface area contributed by atoms with E-state index in [4.69, 9.17) is 14.6 Å². The van der Waals surface area contributed by atoms with Crippen molar-refractivity contribution < 1.29 is 19.4 Å². The Labute approximate surface area is 131 Å². The average molecular weight is 307 g/mol. The number of carboxylic acid groups (broad SMARTS) is 1. The summed E-state index contributed by atoms with van der Waals surface area (Å²) in [6, 6.07) is 5.62. The van der Waals surface area contributed by atoms with Crippen LogP contribution >= 0.6 is 0 Å². The van der Waals surface area contributed by atoms with Crippen LogP contribution in [-0.4, -0.2) is 49.3 Å². The maximum atomic E-state index is 10.8. The highest BCUT2D eigenvalue weighted by atomic mass is 16.5. The second-order valence-corrected chi connectivity index (χ2v) is 5.59. The Morgan fingerprint density at radius 3 is 2.73 bits per heavy atom. The van der Waals surface area contributed by atoms with Crippen LogP contribution in [0.5, 0.6) is 11.5 Å². The maximum absolute atomic E-state index is 10.8. The van der Waals surface area contributed by atoms with Crippen molar-refractivity contribution in [1.82, 2.24) is 4.90 Å². The van der Waals surface area contributed by atoms with Crippen molar-refractivity contribution in [2.24, 2.45) is 0 Å². The molecule has 5 heteroatoms. The molecule has 0 atom stereocenters. The number of piperidine rings is 1. The third-order valence-corrected chi connectivity index (χ3v) is 3.99. The summed E-state index contributed by atoms with van der Waals surface area (Å²) in [7, 11) is 1.60. The molecule has 0 bridgehead atoms. The SMILES string of the molecule is COc1cccc(CCC(=O)O)c1OCCN1CCCCC1. The minimum absolute atomic E-state index is 0.0929. The maximum Gasteiger partial charge on any atom is 0.303 e. The van der Waals surface area contributed by atoms with Gasteiger partial charge in [-0.25, -0.2) is 0 Å². The van der Waals surface area contributed by atoms with E-state index < -0.39 is 5.97 Å². The van der Waals surface area contributed by atoms with E-state index in [2.05, 4.69) is 4.90 Å². The molecule has 0 radical (unpaired) electrons. The minimum Gasteiger partial charge on any atom is -0.493 e. The Kier molecular flexibility index (Phi) is 6.52. The van der Waals surface area contributed by atoms with Crippen LogP contribution in [0.1, 0.15) is 31.2 Å². The van der Waals surface area contributed by atoms with Crippen molar-refractivity contribution in [3.63, 3.8) is 0 Å². The molecule has 0 spiro atoms. The summed E-state index contributed by atoms with van der Waals surface area (Å²) in [5.41, 5.74) is 0.889. The Morgan fingerprint density at radius 2 is 2.05 bits per heavy atom. The van der Waals surface area contributed by atoms with Gasteiger partial charge < -0.3 is 14.6 Å². The van der Waals surface area contributed by atoms with Crippen molar-refractivity contribution in [2.75, 3.05) is 33.4 Å². The van der Waals surface area contributed by atoms with E-state index in [1.54, 1.807) is 7.11 Å². The van der Waals surface area contributed by atoms with Gasteiger partial charge in [0.1, 0.15) is 6.61 Å². The molecule has 0 saturated carbocycles. The summed E-state index contributed by atoms with van der Waals surface area (Å²) in [6.45, 7) is 3.78. The van der Waals surface area contributed by atoms with Gasteiger partial charge in [-0.15, -0.1) is 0 Å². The van der Waals surface area contributed by atoms with Gasteiger partial charge in [0.25, 0.3) is 0 Å². The number of para-hydroxylation sites is 1. The smallest absolute Gasteiger partial charge is 0.303 e. The van der Waals surface area contributed by atoms with E-state index in [9.17, 15) is 4.79 Å². The topological polar surface area (TPSA) is 59.0 Å². The molecule has 2 rings (SSSR count). The molecule has 0 aromatic heterocycles. The number of methoxy groups -OCH3 is 1. The fourth-order valence-electron chi connectivity index (χ4n) is 2.78. The third kappa shape index (κ3) is 4.91. The Morgan fingerprint density at radius 1 is 1.27 bits per heavy atom. The van der Waals surface area contributed by atoms with Gasteiger partial charge in [-0.05, 0) is 44.0 Å². The first-order valence-corrected chi connectivity index (χ1v) is 7.93. The van der Waals surface area contributed by atoms with E-state index >= 15 is 0 Å². The predicted molar refractivity (Wildman–Crippen MR) is 84.7 cm³/mol. The lowest BCUT2D eigenvalue weighted by Gasteiger charge is -2.26. The minimum atomic E-state index is -0.804. The van der Waals surface area contributed by atoms with Gasteiger partial charge in [0, 0.05) is 13.0 Å². The number of hydrogen-bond acceptors (Lipinski definition) is 4. The van der Waals surface area contributed by atoms with E-state index in [0.29, 0.717) is 24.5 Å². The number of aryl methyl sites for hydroxylation is 1. The number of ether oxygens (including phenoxy) is 2. The first-order chi connectivity index (χ1) is 10.7. The summed E-state index contributed by atoms with van der Waals surface area (Å²) in [4.78, 5) is 13.2. The zero-order chi connectivity index (χ0) is 15.8. The first kappa shape index (κ1) is 16.6. The van der Waals surface area contributed by atoms with Gasteiger partial charge in [-0.1, -0.05) is 18.6 Å². The number of benzene rings is 1. The molecule has 1 aliphatic rings. The van der Waals surface area contributed by atoms with Crippen molar-refractivity contribution in [1.29, 1.82) is 0 Å². The summed E-state index contributed by atoms with van der Waals surface area (Å²) in [5.74, 6) is 0.548. The fraction of sp³-hybridized carbons (Fsp3) is 0.588. The number of carbonyl (C=O) groups is 1. The molecule has 22 heavy (non-hydrogen) atoms. The molecule has 1 aromatic carbocycles. The summed E-state index contributed by atoms with van der Waals surface area (Å²) in [6.07, 6.45) is 4.39. The molecule has 1 N–H and O–H groups in total. The van der Waals surface area contributed by atoms with Crippen LogP contribution in [-0.2, 0) is 11.2 Å². The quantitative estimate of drug-likeness (QED) is 0.800. The summed E-state index contributed by atoms with van der Waals surface area (Å²) in [5, 5.41) is 8.86. The standard InChI is InChI=1S/C17H25NO4/c1-21-15-7-5-6-14(8-9-16(19)20)17(15)22-13-12-18-10-3-2-4-11-18/h5-7H,2-4,8-13H2,1H3,(H,19,20). The van der Waals surface area contributed by atoms with Gasteiger partial charge >= 0.3 is 5.97 Å². The largest absolute Gasteiger partial charge is 0.493 e. The van der Waals surface area contributed by atoms with Gasteiger partial charge in [-0.2, -0.15) is 0 Å². The van der Waals surface area contributed by atoms with E-state index in [0.717, 1.165) is 25.2 Å². The highest BCUT2D eigenvalue weighted by Gasteiger charge is 2.14. The molecule has 5 nitrogen and oxygen atoms in total. The number of likely N-dealkylation sites (tertiary alicyclic amines) is 1. The molecule has 1 aliphatic heterocycles. The fourth-order valence-corrected chi connectivity index (χ4v) is 2.78. The van der Waals surface area contributed by atoms with Crippen molar-refractivity contribution in [3.05, 3.63) is 23.8 Å². The highest BCUT2D eigenvalue weighted by molar-refractivity contribution is 5.67. The average Bonchev–Trinajstić information content (AvgIpc) is 2.54. The number of hydrogen-bond donors (Lipinski definition) is 1. The van der Waals surface area contributed by atoms with Crippen molar-refractivity contribution in [2.45, 2.75) is 32.1 Å². The Bertz CT molecular complexity index is 484. The zero-order valence-electron chi connectivity index (χ0n) is 13.2. The molecule has 122 valence electrons. The second kappa shape index (κ2) is 8.63. The van der Waals surface area contributed by atoms with Crippen LogP contribution in [0, 0.1) is 0 Å². The van der Waals surface area contributed by atoms with Crippen molar-refractivity contribution in [3.8, 4) is 11.5 Å². The third-order valence-electron chi connectivity index (χ3n) is 3.99. The van der Waals surface area contributed by atoms with Crippen LogP contribution in [0.15, 0.2) is 18.2 Å². The molecular weight excluding hydrogens is 282 g/mol. The van der Waals surface area contributed by atoms with Crippen LogP contribution in [0.25, 0.3) is 0 Å². The lowest BCUT2D eigenvalue weighted by molar-refractivity contribution is -0.136. The zero-order valence-corrected chi connectivity index (χ0v) is 13.2. The van der Waals surface area contributed by atoms with Crippen LogP contribution in [0.4, 0.5) is 0 Å². The van der Waals surface area contributed by atoms with Gasteiger partial charge in [0.2, 0.25) is 0 Å². The van der Waals surface area contributed by atoms with E-state index in [-0.39, 0.29) is 6.42 Å². The normalized spacial score (nSPS) is 15.5. The Balaban J connectivity index is 1.95. The molecule has 0 amide bonds. The predicted octanol–water partition coefficient (Wildman–Crippen LogP) is 2.58. The van der Waals surface area contributed by atoms with Crippen molar-refractivity contribution >= 4 is 5.97 Å². The van der Waals surface area contributed by atoms with Crippen LogP contribution < -0.4 is 9.47 Å². The molecule has 1 aromatic rings. The van der Waals surface area contributed by atoms with Gasteiger partial charge in [0.05, 0.1) is 7.11 Å². The monoisotopic (exact) mass is 307 g/mol. The van der Waals surface area contributed by atoms with Gasteiger partial charge in [0.15, 0.2) is 11.5 Å². The molecule has 1 heterocycles. The molecule has 1 saturated heterocycles. The van der Waals surface area contributed by atoms with E-state index in [1.165, 1.54) is 19.3 Å². The molecular formula is C17H25NO4. The number of rotatable bonds is 8. The number of aliphatic carboxylic acids is 1. The lowest BCUT2D eigenvalue weighted by Crippen LogP contribution is -2.33. The first-order valence-electron chi connectivity index (χ1n) is 7.93. The number of nitrogens with zero attached hydrogens (tertiary/aromatic N) is 1. The van der Waals surface area contributed by atoms with E-state index in [1.807, 2.05) is 18.2 Å². The lowest BCUT2D eigenvalue weighted by atomic mass is 10.1. The Hall–Kier alpha value is -1.75. The number of carboxylic acids is 1. The second-order valence-electron chi connectivity index (χ2n) is 5.59. The molecule has 1 fully saturated rings. The summed E-state index contributed by atoms with van der Waals surface area (Å²) < 4.78 is 11.3. The van der Waals surface area contributed by atoms with Gasteiger partial charge in [-0.3, -0.25) is 9.69 Å². The molecule has 0 aliphatic carbocycles.